The van der Waals surface area contributed by atoms with Gasteiger partial charge in [0.15, 0.2) is 0 Å². The third-order valence-electron chi connectivity index (χ3n) is 0.924. The Morgan fingerprint density at radius 1 is 1.44 bits per heavy atom. The van der Waals surface area contributed by atoms with Gasteiger partial charge in [0.25, 0.3) is 0 Å². The molecule has 0 amide bonds. The summed E-state index contributed by atoms with van der Waals surface area (Å²) in [5.41, 5.74) is 0. The minimum absolute atomic E-state index is 0. The van der Waals surface area contributed by atoms with E-state index in [0.717, 1.165) is 6.54 Å². The maximum absolute atomic E-state index is 3.86. The largest absolute Gasteiger partial charge is 0.338 e. The second-order valence-electron chi connectivity index (χ2n) is 1.39. The molecule has 0 aliphatic rings. The first kappa shape index (κ1) is 11.6. The Kier molecular flexibility index (Phi) is 7.61. The van der Waals surface area contributed by atoms with Gasteiger partial charge in [-0.1, -0.05) is 0 Å². The summed E-state index contributed by atoms with van der Waals surface area (Å²) in [6.45, 7) is 3.10. The Bertz CT molecular complexity index is 128. The Labute approximate surface area is 67.1 Å². The predicted molar refractivity (Wildman–Crippen MR) is 42.4 cm³/mol. The molecule has 0 saturated carbocycles. The zero-order chi connectivity index (χ0) is 5.11. The highest BCUT2D eigenvalue weighted by molar-refractivity contribution is 5.85. The molecule has 0 atom stereocenters. The smallest absolute Gasteiger partial charge is 0.0945 e. The van der Waals surface area contributed by atoms with Gasteiger partial charge in [-0.2, -0.15) is 0 Å². The summed E-state index contributed by atoms with van der Waals surface area (Å²) < 4.78 is 2.01. The van der Waals surface area contributed by atoms with E-state index >= 15 is 0 Å². The van der Waals surface area contributed by atoms with Crippen molar-refractivity contribution in [3.63, 3.8) is 0 Å². The maximum atomic E-state index is 3.86. The van der Waals surface area contributed by atoms with E-state index in [4.69, 9.17) is 0 Å². The molecule has 0 saturated heterocycles. The first-order valence-corrected chi connectivity index (χ1v) is 2.39. The maximum Gasteiger partial charge on any atom is 0.0945 e. The van der Waals surface area contributed by atoms with E-state index in [9.17, 15) is 0 Å². The predicted octanol–water partition coefficient (Wildman–Crippen LogP) is 1.75. The van der Waals surface area contributed by atoms with E-state index in [1.54, 1.807) is 12.5 Å². The van der Waals surface area contributed by atoms with Gasteiger partial charge in [0.2, 0.25) is 0 Å². The van der Waals surface area contributed by atoms with Gasteiger partial charge in [-0.3, -0.25) is 0 Å². The standard InChI is InChI=1S/C5H8N2.2ClH/c1-2-7-4-3-6-5-7;;/h3-5H,2H2,1H3;2*1H. The van der Waals surface area contributed by atoms with E-state index in [1.165, 1.54) is 0 Å². The Morgan fingerprint density at radius 3 is 2.33 bits per heavy atom. The van der Waals surface area contributed by atoms with Gasteiger partial charge in [0.1, 0.15) is 0 Å². The molecule has 0 bridgehead atoms. The highest BCUT2D eigenvalue weighted by atomic mass is 35.5. The third-order valence-corrected chi connectivity index (χ3v) is 0.924. The van der Waals surface area contributed by atoms with E-state index in [1.807, 2.05) is 10.8 Å². The van der Waals surface area contributed by atoms with E-state index in [2.05, 4.69) is 11.9 Å². The fraction of sp³-hybridized carbons (Fsp3) is 0.400. The number of rotatable bonds is 1. The number of hydrogen-bond donors (Lipinski definition) is 0. The lowest BCUT2D eigenvalue weighted by Gasteiger charge is -1.87. The van der Waals surface area contributed by atoms with Gasteiger partial charge in [-0.15, -0.1) is 24.8 Å². The van der Waals surface area contributed by atoms with Crippen LogP contribution in [0.4, 0.5) is 0 Å². The van der Waals surface area contributed by atoms with E-state index in [-0.39, 0.29) is 24.8 Å². The molecule has 4 heteroatoms. The lowest BCUT2D eigenvalue weighted by Crippen LogP contribution is -1.85. The van der Waals surface area contributed by atoms with Gasteiger partial charge >= 0.3 is 0 Å². The summed E-state index contributed by atoms with van der Waals surface area (Å²) in [6, 6.07) is 0. The Morgan fingerprint density at radius 2 is 2.11 bits per heavy atom. The normalized spacial score (nSPS) is 7.22. The van der Waals surface area contributed by atoms with Gasteiger partial charge in [0.05, 0.1) is 6.33 Å². The number of aryl methyl sites for hydroxylation is 1. The van der Waals surface area contributed by atoms with Crippen molar-refractivity contribution < 1.29 is 0 Å². The van der Waals surface area contributed by atoms with Crippen molar-refractivity contribution in [3.8, 4) is 0 Å². The molecular formula is C5H10Cl2N2. The lowest BCUT2D eigenvalue weighted by atomic mass is 10.7. The average molecular weight is 169 g/mol. The molecular weight excluding hydrogens is 159 g/mol. The monoisotopic (exact) mass is 168 g/mol. The minimum Gasteiger partial charge on any atom is -0.338 e. The van der Waals surface area contributed by atoms with Crippen LogP contribution < -0.4 is 0 Å². The molecule has 0 fully saturated rings. The van der Waals surface area contributed by atoms with Crippen molar-refractivity contribution in [3.05, 3.63) is 18.7 Å². The van der Waals surface area contributed by atoms with Crippen LogP contribution in [0.2, 0.25) is 0 Å². The molecule has 1 aromatic heterocycles. The molecule has 1 aromatic rings. The van der Waals surface area contributed by atoms with Crippen LogP contribution in [0.25, 0.3) is 0 Å². The first-order chi connectivity index (χ1) is 3.43. The van der Waals surface area contributed by atoms with Crippen LogP contribution in [-0.2, 0) is 6.54 Å². The fourth-order valence-electron chi connectivity index (χ4n) is 0.474. The molecule has 0 aliphatic heterocycles. The molecule has 0 N–H and O–H groups in total. The quantitative estimate of drug-likeness (QED) is 0.626. The molecule has 0 radical (unpaired) electrons. The molecule has 1 rings (SSSR count). The minimum atomic E-state index is 0. The molecule has 0 unspecified atom stereocenters. The number of nitrogens with zero attached hydrogens (tertiary/aromatic N) is 2. The molecule has 9 heavy (non-hydrogen) atoms. The van der Waals surface area contributed by atoms with Crippen LogP contribution >= 0.6 is 24.8 Å². The topological polar surface area (TPSA) is 17.8 Å². The van der Waals surface area contributed by atoms with Crippen molar-refractivity contribution in [1.29, 1.82) is 0 Å². The first-order valence-electron chi connectivity index (χ1n) is 2.39. The van der Waals surface area contributed by atoms with Crippen LogP contribution in [0.15, 0.2) is 18.7 Å². The molecule has 0 spiro atoms. The third kappa shape index (κ3) is 3.38. The highest BCUT2D eigenvalue weighted by Gasteiger charge is 1.77. The van der Waals surface area contributed by atoms with Crippen LogP contribution in [0.5, 0.6) is 0 Å². The molecule has 0 aliphatic carbocycles. The van der Waals surface area contributed by atoms with Gasteiger partial charge in [0, 0.05) is 18.9 Å². The zero-order valence-electron chi connectivity index (χ0n) is 5.15. The fourth-order valence-corrected chi connectivity index (χ4v) is 0.474. The summed E-state index contributed by atoms with van der Waals surface area (Å²) in [7, 11) is 0. The van der Waals surface area contributed by atoms with E-state index in [0.29, 0.717) is 0 Å². The Hall–Kier alpha value is -0.210. The SMILES string of the molecule is CCn1ccnc1.Cl.Cl. The lowest BCUT2D eigenvalue weighted by molar-refractivity contribution is 0.761. The number of halogens is 2. The van der Waals surface area contributed by atoms with Crippen molar-refractivity contribution in [1.82, 2.24) is 9.55 Å². The van der Waals surface area contributed by atoms with Crippen LogP contribution in [0, 0.1) is 0 Å². The second kappa shape index (κ2) is 5.92. The average Bonchev–Trinajstić information content (AvgIpc) is 2.14. The highest BCUT2D eigenvalue weighted by Crippen LogP contribution is 1.81. The van der Waals surface area contributed by atoms with Gasteiger partial charge < -0.3 is 4.57 Å². The van der Waals surface area contributed by atoms with Crippen molar-refractivity contribution in [2.24, 2.45) is 0 Å². The zero-order valence-corrected chi connectivity index (χ0v) is 6.78. The summed E-state index contributed by atoms with van der Waals surface area (Å²) in [4.78, 5) is 3.86. The summed E-state index contributed by atoms with van der Waals surface area (Å²) in [5.74, 6) is 0. The molecule has 0 aromatic carbocycles. The van der Waals surface area contributed by atoms with Crippen molar-refractivity contribution >= 4 is 24.8 Å². The van der Waals surface area contributed by atoms with Crippen LogP contribution in [0.3, 0.4) is 0 Å². The number of hydrogen-bond acceptors (Lipinski definition) is 1. The van der Waals surface area contributed by atoms with Crippen LogP contribution in [0.1, 0.15) is 6.92 Å². The Balaban J connectivity index is 0. The summed E-state index contributed by atoms with van der Waals surface area (Å²) in [6.07, 6.45) is 5.53. The van der Waals surface area contributed by atoms with Crippen molar-refractivity contribution in [2.75, 3.05) is 0 Å². The van der Waals surface area contributed by atoms with Gasteiger partial charge in [-0.25, -0.2) is 4.98 Å². The van der Waals surface area contributed by atoms with Crippen molar-refractivity contribution in [2.45, 2.75) is 13.5 Å². The van der Waals surface area contributed by atoms with E-state index < -0.39 is 0 Å². The molecule has 54 valence electrons. The summed E-state index contributed by atoms with van der Waals surface area (Å²) >= 11 is 0. The number of aromatic nitrogens is 2. The van der Waals surface area contributed by atoms with Crippen LogP contribution in [-0.4, -0.2) is 9.55 Å². The second-order valence-corrected chi connectivity index (χ2v) is 1.39. The summed E-state index contributed by atoms with van der Waals surface area (Å²) in [5, 5.41) is 0. The number of imidazole rings is 1. The molecule has 1 heterocycles. The molecule has 2 nitrogen and oxygen atoms in total. The van der Waals surface area contributed by atoms with Gasteiger partial charge in [-0.05, 0) is 6.92 Å².